The van der Waals surface area contributed by atoms with E-state index in [0.717, 1.165) is 37.9 Å². The Labute approximate surface area is 145 Å². The standard InChI is InChI=1S/C19H30N4O/c1-15(2)9-10-20-19(24)17-5-3-6-18(21-17)23-12-4-11-22(13-14-23)16-7-8-16/h3,5-6,15-16H,4,7-14H2,1-2H3,(H,20,24). The lowest BCUT2D eigenvalue weighted by Gasteiger charge is -2.23. The second kappa shape index (κ2) is 7.97. The van der Waals surface area contributed by atoms with Gasteiger partial charge in [-0.15, -0.1) is 0 Å². The van der Waals surface area contributed by atoms with Crippen LogP contribution in [0.25, 0.3) is 0 Å². The summed E-state index contributed by atoms with van der Waals surface area (Å²) in [7, 11) is 0. The fourth-order valence-corrected chi connectivity index (χ4v) is 3.26. The van der Waals surface area contributed by atoms with Crippen molar-refractivity contribution in [1.82, 2.24) is 15.2 Å². The summed E-state index contributed by atoms with van der Waals surface area (Å²) in [6.45, 7) is 9.36. The molecule has 0 spiro atoms. The second-order valence-electron chi connectivity index (χ2n) is 7.43. The molecule has 2 fully saturated rings. The Morgan fingerprint density at radius 2 is 2.08 bits per heavy atom. The van der Waals surface area contributed by atoms with Crippen molar-refractivity contribution in [2.75, 3.05) is 37.6 Å². The Morgan fingerprint density at radius 3 is 2.83 bits per heavy atom. The lowest BCUT2D eigenvalue weighted by Crippen LogP contribution is -2.33. The third-order valence-electron chi connectivity index (χ3n) is 4.89. The fourth-order valence-electron chi connectivity index (χ4n) is 3.26. The summed E-state index contributed by atoms with van der Waals surface area (Å²) in [6, 6.07) is 6.61. The normalized spacial score (nSPS) is 19.4. The minimum Gasteiger partial charge on any atom is -0.355 e. The molecule has 2 heterocycles. The average molecular weight is 330 g/mol. The Bertz CT molecular complexity index is 556. The van der Waals surface area contributed by atoms with Crippen molar-refractivity contribution in [2.24, 2.45) is 5.92 Å². The predicted octanol–water partition coefficient (Wildman–Crippen LogP) is 2.53. The van der Waals surface area contributed by atoms with Gasteiger partial charge in [0.25, 0.3) is 5.91 Å². The summed E-state index contributed by atoms with van der Waals surface area (Å²) in [4.78, 5) is 21.8. The lowest BCUT2D eigenvalue weighted by atomic mass is 10.1. The minimum atomic E-state index is -0.0630. The smallest absolute Gasteiger partial charge is 0.269 e. The number of rotatable bonds is 6. The number of amides is 1. The van der Waals surface area contributed by atoms with Crippen molar-refractivity contribution < 1.29 is 4.79 Å². The van der Waals surface area contributed by atoms with E-state index in [4.69, 9.17) is 0 Å². The largest absolute Gasteiger partial charge is 0.355 e. The van der Waals surface area contributed by atoms with Crippen molar-refractivity contribution in [1.29, 1.82) is 0 Å². The van der Waals surface area contributed by atoms with Gasteiger partial charge in [0.2, 0.25) is 0 Å². The van der Waals surface area contributed by atoms with Crippen molar-refractivity contribution in [3.8, 4) is 0 Å². The van der Waals surface area contributed by atoms with E-state index >= 15 is 0 Å². The molecule has 132 valence electrons. The van der Waals surface area contributed by atoms with Gasteiger partial charge in [0.15, 0.2) is 0 Å². The average Bonchev–Trinajstić information content (AvgIpc) is 3.40. The third kappa shape index (κ3) is 4.69. The van der Waals surface area contributed by atoms with Crippen LogP contribution in [0.15, 0.2) is 18.2 Å². The van der Waals surface area contributed by atoms with Crippen LogP contribution in [-0.2, 0) is 0 Å². The molecular formula is C19H30N4O. The second-order valence-corrected chi connectivity index (χ2v) is 7.43. The summed E-state index contributed by atoms with van der Waals surface area (Å²) in [5, 5.41) is 2.97. The predicted molar refractivity (Wildman–Crippen MR) is 97.5 cm³/mol. The van der Waals surface area contributed by atoms with Crippen molar-refractivity contribution in [3.63, 3.8) is 0 Å². The molecule has 24 heavy (non-hydrogen) atoms. The van der Waals surface area contributed by atoms with Gasteiger partial charge in [-0.1, -0.05) is 19.9 Å². The highest BCUT2D eigenvalue weighted by Gasteiger charge is 2.30. The van der Waals surface area contributed by atoms with Crippen LogP contribution in [0, 0.1) is 5.92 Å². The van der Waals surface area contributed by atoms with Crippen LogP contribution in [0.3, 0.4) is 0 Å². The summed E-state index contributed by atoms with van der Waals surface area (Å²) in [5.41, 5.74) is 0.527. The van der Waals surface area contributed by atoms with Crippen molar-refractivity contribution in [3.05, 3.63) is 23.9 Å². The lowest BCUT2D eigenvalue weighted by molar-refractivity contribution is 0.0947. The van der Waals surface area contributed by atoms with E-state index in [9.17, 15) is 4.79 Å². The molecule has 0 aromatic carbocycles. The third-order valence-corrected chi connectivity index (χ3v) is 4.89. The monoisotopic (exact) mass is 330 g/mol. The molecule has 2 aliphatic rings. The van der Waals surface area contributed by atoms with Crippen molar-refractivity contribution >= 4 is 11.7 Å². The summed E-state index contributed by atoms with van der Waals surface area (Å²) in [5.74, 6) is 1.46. The molecule has 1 saturated carbocycles. The quantitative estimate of drug-likeness (QED) is 0.871. The molecule has 3 rings (SSSR count). The van der Waals surface area contributed by atoms with Crippen LogP contribution in [0.4, 0.5) is 5.82 Å². The molecule has 1 saturated heterocycles. The molecule has 0 bridgehead atoms. The summed E-state index contributed by atoms with van der Waals surface area (Å²) >= 11 is 0. The van der Waals surface area contributed by atoms with Crippen LogP contribution >= 0.6 is 0 Å². The van der Waals surface area contributed by atoms with Gasteiger partial charge in [0.1, 0.15) is 11.5 Å². The molecule has 5 heteroatoms. The zero-order valence-corrected chi connectivity index (χ0v) is 15.0. The maximum Gasteiger partial charge on any atom is 0.269 e. The van der Waals surface area contributed by atoms with E-state index in [1.165, 1.54) is 25.8 Å². The van der Waals surface area contributed by atoms with Gasteiger partial charge in [-0.3, -0.25) is 9.69 Å². The van der Waals surface area contributed by atoms with Crippen LogP contribution < -0.4 is 10.2 Å². The SMILES string of the molecule is CC(C)CCNC(=O)c1cccc(N2CCCN(C3CC3)CC2)n1. The van der Waals surface area contributed by atoms with Crippen molar-refractivity contribution in [2.45, 2.75) is 45.6 Å². The zero-order valence-electron chi connectivity index (χ0n) is 15.0. The Balaban J connectivity index is 1.58. The number of hydrogen-bond acceptors (Lipinski definition) is 4. The molecule has 1 aromatic heterocycles. The molecule has 0 unspecified atom stereocenters. The molecular weight excluding hydrogens is 300 g/mol. The van der Waals surface area contributed by atoms with Gasteiger partial charge >= 0.3 is 0 Å². The first kappa shape index (κ1) is 17.2. The Kier molecular flexibility index (Phi) is 5.72. The summed E-state index contributed by atoms with van der Waals surface area (Å²) in [6.07, 6.45) is 4.89. The maximum absolute atomic E-state index is 12.3. The Hall–Kier alpha value is -1.62. The van der Waals surface area contributed by atoms with Gasteiger partial charge in [-0.25, -0.2) is 4.98 Å². The number of carbonyl (C=O) groups excluding carboxylic acids is 1. The van der Waals surface area contributed by atoms with E-state index < -0.39 is 0 Å². The molecule has 5 nitrogen and oxygen atoms in total. The van der Waals surface area contributed by atoms with Gasteiger partial charge in [-0.05, 0) is 43.7 Å². The van der Waals surface area contributed by atoms with Gasteiger partial charge in [-0.2, -0.15) is 0 Å². The topological polar surface area (TPSA) is 48.5 Å². The molecule has 1 aromatic rings. The van der Waals surface area contributed by atoms with Gasteiger partial charge < -0.3 is 10.2 Å². The highest BCUT2D eigenvalue weighted by Crippen LogP contribution is 2.28. The molecule has 1 aliphatic heterocycles. The van der Waals surface area contributed by atoms with Gasteiger partial charge in [0, 0.05) is 38.8 Å². The highest BCUT2D eigenvalue weighted by atomic mass is 16.1. The molecule has 1 N–H and O–H groups in total. The number of anilines is 1. The number of carbonyl (C=O) groups is 1. The van der Waals surface area contributed by atoms with Gasteiger partial charge in [0.05, 0.1) is 0 Å². The van der Waals surface area contributed by atoms with Crippen LogP contribution in [0.2, 0.25) is 0 Å². The maximum atomic E-state index is 12.3. The first-order chi connectivity index (χ1) is 11.6. The number of pyridine rings is 1. The first-order valence-corrected chi connectivity index (χ1v) is 9.38. The van der Waals surface area contributed by atoms with E-state index in [2.05, 4.69) is 33.9 Å². The number of nitrogens with zero attached hydrogens (tertiary/aromatic N) is 3. The Morgan fingerprint density at radius 1 is 1.25 bits per heavy atom. The molecule has 1 aliphatic carbocycles. The molecule has 1 amide bonds. The van der Waals surface area contributed by atoms with E-state index in [-0.39, 0.29) is 5.91 Å². The highest BCUT2D eigenvalue weighted by molar-refractivity contribution is 5.92. The van der Waals surface area contributed by atoms with Crippen LogP contribution in [0.5, 0.6) is 0 Å². The zero-order chi connectivity index (χ0) is 16.9. The number of aromatic nitrogens is 1. The number of nitrogens with one attached hydrogen (secondary N) is 1. The molecule has 0 atom stereocenters. The van der Waals surface area contributed by atoms with Crippen LogP contribution in [-0.4, -0.2) is 54.6 Å². The fraction of sp³-hybridized carbons (Fsp3) is 0.684. The van der Waals surface area contributed by atoms with Crippen LogP contribution in [0.1, 0.15) is 50.0 Å². The summed E-state index contributed by atoms with van der Waals surface area (Å²) < 4.78 is 0. The minimum absolute atomic E-state index is 0.0630. The first-order valence-electron chi connectivity index (χ1n) is 9.38. The van der Waals surface area contributed by atoms with E-state index in [1.54, 1.807) is 0 Å². The molecule has 0 radical (unpaired) electrons. The van der Waals surface area contributed by atoms with E-state index in [0.29, 0.717) is 18.2 Å². The number of hydrogen-bond donors (Lipinski definition) is 1. The van der Waals surface area contributed by atoms with E-state index in [1.807, 2.05) is 18.2 Å².